The normalized spacial score (nSPS) is 11.4. The fraction of sp³-hybridized carbons (Fsp3) is 0.435. The van der Waals surface area contributed by atoms with E-state index < -0.39 is 11.0 Å². The molecule has 0 atom stereocenters. The van der Waals surface area contributed by atoms with Crippen molar-refractivity contribution in [2.24, 2.45) is 0 Å². The van der Waals surface area contributed by atoms with Gasteiger partial charge in [0.1, 0.15) is 11.5 Å². The monoisotopic (exact) mass is 464 g/mol. The molecular formula is C23H32N2O6S. The Bertz CT molecular complexity index is 989. The standard InChI is InChI=1S/C23H32N2O6S/c1-15(2)20-12-18(6-7-22(20)26)13-21-16(3)10-19(11-17(21)4)30-14-23(27)24-8-9-25(5)31-32(28)29/h6-7,10-12,15,26,32H,8-9,13-14H2,1-5H3,(H,24,27). The number of carbonyl (C=O) groups is 1. The Morgan fingerprint density at radius 1 is 1.16 bits per heavy atom. The number of phenols is 1. The lowest BCUT2D eigenvalue weighted by atomic mass is 9.93. The first-order valence-corrected chi connectivity index (χ1v) is 11.5. The molecule has 0 spiro atoms. The first kappa shape index (κ1) is 25.6. The van der Waals surface area contributed by atoms with Crippen LogP contribution in [0.2, 0.25) is 0 Å². The Kier molecular flexibility index (Phi) is 9.49. The average molecular weight is 465 g/mol. The number of nitrogens with one attached hydrogen (secondary N) is 1. The fourth-order valence-electron chi connectivity index (χ4n) is 3.40. The van der Waals surface area contributed by atoms with E-state index >= 15 is 0 Å². The van der Waals surface area contributed by atoms with E-state index in [4.69, 9.17) is 4.74 Å². The predicted octanol–water partition coefficient (Wildman–Crippen LogP) is 2.61. The number of ether oxygens (including phenoxy) is 1. The molecule has 0 aromatic heterocycles. The highest BCUT2D eigenvalue weighted by Crippen LogP contribution is 2.29. The van der Waals surface area contributed by atoms with E-state index in [0.717, 1.165) is 33.7 Å². The molecule has 2 aromatic carbocycles. The summed E-state index contributed by atoms with van der Waals surface area (Å²) in [6, 6.07) is 9.55. The summed E-state index contributed by atoms with van der Waals surface area (Å²) in [6.45, 7) is 8.43. The van der Waals surface area contributed by atoms with E-state index in [2.05, 4.69) is 23.4 Å². The SMILES string of the molecule is Cc1cc(OCC(=O)NCCN(C)O[SH](=O)=O)cc(C)c1Cc1ccc(O)c(C(C)C)c1. The van der Waals surface area contributed by atoms with Crippen LogP contribution in [-0.4, -0.2) is 51.2 Å². The highest BCUT2D eigenvalue weighted by Gasteiger charge is 2.12. The van der Waals surface area contributed by atoms with Gasteiger partial charge in [-0.15, -0.1) is 0 Å². The summed E-state index contributed by atoms with van der Waals surface area (Å²) in [6.07, 6.45) is 0.739. The second-order valence-corrected chi connectivity index (χ2v) is 8.67. The first-order chi connectivity index (χ1) is 15.1. The van der Waals surface area contributed by atoms with Crippen LogP contribution in [0, 0.1) is 13.8 Å². The number of carbonyl (C=O) groups excluding carboxylic acids is 1. The van der Waals surface area contributed by atoms with E-state index in [-0.39, 0.29) is 31.5 Å². The second-order valence-electron chi connectivity index (χ2n) is 8.06. The summed E-state index contributed by atoms with van der Waals surface area (Å²) in [4.78, 5) is 12.0. The Balaban J connectivity index is 1.95. The third-order valence-electron chi connectivity index (χ3n) is 5.09. The third-order valence-corrected chi connectivity index (χ3v) is 5.50. The van der Waals surface area contributed by atoms with Crippen molar-refractivity contribution in [2.45, 2.75) is 40.0 Å². The van der Waals surface area contributed by atoms with Gasteiger partial charge in [0.25, 0.3) is 16.9 Å². The molecule has 0 heterocycles. The van der Waals surface area contributed by atoms with Gasteiger partial charge >= 0.3 is 0 Å². The van der Waals surface area contributed by atoms with Crippen LogP contribution >= 0.6 is 0 Å². The Morgan fingerprint density at radius 3 is 2.41 bits per heavy atom. The average Bonchev–Trinajstić information content (AvgIpc) is 2.69. The molecule has 0 aliphatic rings. The molecule has 1 amide bonds. The van der Waals surface area contributed by atoms with Gasteiger partial charge in [0.15, 0.2) is 6.61 Å². The fourth-order valence-corrected chi connectivity index (χ4v) is 3.71. The van der Waals surface area contributed by atoms with Crippen LogP contribution in [0.1, 0.15) is 47.6 Å². The molecule has 0 saturated carbocycles. The number of hydroxylamine groups is 2. The third kappa shape index (κ3) is 7.81. The van der Waals surface area contributed by atoms with Crippen LogP contribution in [0.4, 0.5) is 0 Å². The van der Waals surface area contributed by atoms with Gasteiger partial charge in [-0.25, -0.2) is 8.42 Å². The van der Waals surface area contributed by atoms with Gasteiger partial charge in [0, 0.05) is 20.1 Å². The Labute approximate surface area is 191 Å². The summed E-state index contributed by atoms with van der Waals surface area (Å²) in [5, 5.41) is 13.8. The maximum atomic E-state index is 12.0. The van der Waals surface area contributed by atoms with Crippen LogP contribution in [0.5, 0.6) is 11.5 Å². The highest BCUT2D eigenvalue weighted by atomic mass is 32.2. The van der Waals surface area contributed by atoms with E-state index in [1.807, 2.05) is 38.1 Å². The topological polar surface area (TPSA) is 105 Å². The lowest BCUT2D eigenvalue weighted by molar-refractivity contribution is -0.123. The molecule has 9 heteroatoms. The molecule has 8 nitrogen and oxygen atoms in total. The summed E-state index contributed by atoms with van der Waals surface area (Å²) in [5.74, 6) is 0.855. The molecule has 2 rings (SSSR count). The van der Waals surface area contributed by atoms with Gasteiger partial charge in [0.05, 0.1) is 0 Å². The van der Waals surface area contributed by atoms with Gasteiger partial charge in [-0.2, -0.15) is 9.35 Å². The quantitative estimate of drug-likeness (QED) is 0.347. The van der Waals surface area contributed by atoms with Crippen molar-refractivity contribution in [1.82, 2.24) is 10.4 Å². The smallest absolute Gasteiger partial charge is 0.273 e. The maximum absolute atomic E-state index is 12.0. The molecule has 0 radical (unpaired) electrons. The van der Waals surface area contributed by atoms with Crippen LogP contribution in [-0.2, 0) is 26.5 Å². The van der Waals surface area contributed by atoms with Crippen LogP contribution in [0.3, 0.4) is 0 Å². The van der Waals surface area contributed by atoms with Crippen LogP contribution < -0.4 is 10.1 Å². The second kappa shape index (κ2) is 11.8. The largest absolute Gasteiger partial charge is 0.508 e. The van der Waals surface area contributed by atoms with Crippen molar-refractivity contribution < 1.29 is 27.3 Å². The number of nitrogens with zero attached hydrogens (tertiary/aromatic N) is 1. The number of benzene rings is 2. The first-order valence-electron chi connectivity index (χ1n) is 10.4. The zero-order chi connectivity index (χ0) is 23.8. The number of phenolic OH excluding ortho intramolecular Hbond substituents is 1. The van der Waals surface area contributed by atoms with Gasteiger partial charge in [-0.3, -0.25) is 4.79 Å². The minimum atomic E-state index is -2.96. The van der Waals surface area contributed by atoms with Gasteiger partial charge in [0.2, 0.25) is 0 Å². The summed E-state index contributed by atoms with van der Waals surface area (Å²) in [5.41, 5.74) is 5.36. The summed E-state index contributed by atoms with van der Waals surface area (Å²) >= 11 is 0. The predicted molar refractivity (Wildman–Crippen MR) is 123 cm³/mol. The van der Waals surface area contributed by atoms with Crippen molar-refractivity contribution in [1.29, 1.82) is 0 Å². The number of aryl methyl sites for hydroxylation is 2. The van der Waals surface area contributed by atoms with Gasteiger partial charge in [-0.1, -0.05) is 26.0 Å². The highest BCUT2D eigenvalue weighted by molar-refractivity contribution is 7.67. The number of likely N-dealkylation sites (N-methyl/N-ethyl adjacent to an activating group) is 1. The van der Waals surface area contributed by atoms with Gasteiger partial charge < -0.3 is 15.2 Å². The lowest BCUT2D eigenvalue weighted by Gasteiger charge is -2.16. The van der Waals surface area contributed by atoms with E-state index in [1.54, 1.807) is 6.07 Å². The maximum Gasteiger partial charge on any atom is 0.273 e. The molecule has 0 fully saturated rings. The van der Waals surface area contributed by atoms with Crippen LogP contribution in [0.25, 0.3) is 0 Å². The Morgan fingerprint density at radius 2 is 1.81 bits per heavy atom. The van der Waals surface area contributed by atoms with Crippen molar-refractivity contribution in [2.75, 3.05) is 26.7 Å². The van der Waals surface area contributed by atoms with E-state index in [0.29, 0.717) is 11.5 Å². The minimum Gasteiger partial charge on any atom is -0.508 e. The number of aromatic hydroxyl groups is 1. The molecule has 2 aromatic rings. The molecule has 0 aliphatic heterocycles. The number of hydrogen-bond donors (Lipinski definition) is 3. The molecule has 32 heavy (non-hydrogen) atoms. The molecule has 0 unspecified atom stereocenters. The molecule has 2 N–H and O–H groups in total. The van der Waals surface area contributed by atoms with Crippen molar-refractivity contribution in [3.05, 3.63) is 58.1 Å². The zero-order valence-electron chi connectivity index (χ0n) is 19.2. The molecule has 0 bridgehead atoms. The molecule has 176 valence electrons. The van der Waals surface area contributed by atoms with Crippen molar-refractivity contribution in [3.8, 4) is 11.5 Å². The molecule has 0 saturated heterocycles. The number of amides is 1. The Hall–Kier alpha value is -2.62. The van der Waals surface area contributed by atoms with Gasteiger partial charge in [-0.05, 0) is 72.2 Å². The molecule has 0 aliphatic carbocycles. The number of thiol groups is 1. The zero-order valence-corrected chi connectivity index (χ0v) is 20.1. The van der Waals surface area contributed by atoms with Crippen molar-refractivity contribution in [3.63, 3.8) is 0 Å². The van der Waals surface area contributed by atoms with Crippen LogP contribution in [0.15, 0.2) is 30.3 Å². The van der Waals surface area contributed by atoms with E-state index in [9.17, 15) is 18.3 Å². The summed E-state index contributed by atoms with van der Waals surface area (Å²) in [7, 11) is -1.50. The molecular weight excluding hydrogens is 432 g/mol. The van der Waals surface area contributed by atoms with Crippen molar-refractivity contribution >= 4 is 16.9 Å². The minimum absolute atomic E-state index is 0.145. The lowest BCUT2D eigenvalue weighted by Crippen LogP contribution is -2.35. The van der Waals surface area contributed by atoms with E-state index in [1.165, 1.54) is 12.6 Å². The number of hydrogen-bond acceptors (Lipinski definition) is 7. The number of rotatable bonds is 11. The summed E-state index contributed by atoms with van der Waals surface area (Å²) < 4.78 is 31.0.